The van der Waals surface area contributed by atoms with Gasteiger partial charge in [-0.25, -0.2) is 0 Å². The topological polar surface area (TPSA) is 44.9 Å². The summed E-state index contributed by atoms with van der Waals surface area (Å²) in [7, 11) is 0. The van der Waals surface area contributed by atoms with Crippen molar-refractivity contribution in [2.45, 2.75) is 11.8 Å². The molecule has 2 unspecified atom stereocenters. The number of carbonyl (C=O) groups is 1. The zero-order valence-corrected chi connectivity index (χ0v) is 11.5. The molecule has 1 aromatic heterocycles. The fourth-order valence-electron chi connectivity index (χ4n) is 3.34. The minimum atomic E-state index is -0.122. The van der Waals surface area contributed by atoms with Crippen LogP contribution < -0.4 is 5.32 Å². The number of hydrogen-bond acceptors (Lipinski definition) is 1. The second kappa shape index (κ2) is 4.77. The van der Waals surface area contributed by atoms with Crippen LogP contribution in [0, 0.1) is 0 Å². The van der Waals surface area contributed by atoms with Crippen molar-refractivity contribution in [3.8, 4) is 0 Å². The van der Waals surface area contributed by atoms with E-state index in [1.165, 1.54) is 5.56 Å². The largest absolute Gasteiger partial charge is 0.361 e. The number of carbonyl (C=O) groups excluding carboxylic acids is 1. The third kappa shape index (κ3) is 1.93. The number of aromatic amines is 1. The molecular weight excluding hydrogens is 260 g/mol. The standard InChI is InChI=1S/C18H16N2O/c21-18-17(14(10-20-18)12-6-2-1-3-7-12)15-11-19-16-9-5-4-8-13(15)16/h1-9,11,14,17,19H,10H2,(H,20,21). The van der Waals surface area contributed by atoms with E-state index in [1.807, 2.05) is 42.6 Å². The van der Waals surface area contributed by atoms with Crippen molar-refractivity contribution in [3.63, 3.8) is 0 Å². The monoisotopic (exact) mass is 276 g/mol. The predicted molar refractivity (Wildman–Crippen MR) is 83.2 cm³/mol. The summed E-state index contributed by atoms with van der Waals surface area (Å²) < 4.78 is 0. The summed E-state index contributed by atoms with van der Waals surface area (Å²) in [6, 6.07) is 18.4. The molecule has 4 rings (SSSR count). The van der Waals surface area contributed by atoms with Crippen LogP contribution in [-0.4, -0.2) is 17.4 Å². The predicted octanol–water partition coefficient (Wildman–Crippen LogP) is 3.17. The highest BCUT2D eigenvalue weighted by atomic mass is 16.2. The van der Waals surface area contributed by atoms with E-state index in [0.29, 0.717) is 6.54 Å². The number of aromatic nitrogens is 1. The Balaban J connectivity index is 1.83. The van der Waals surface area contributed by atoms with E-state index in [0.717, 1.165) is 16.5 Å². The van der Waals surface area contributed by atoms with Gasteiger partial charge < -0.3 is 10.3 Å². The molecule has 0 aliphatic carbocycles. The lowest BCUT2D eigenvalue weighted by atomic mass is 9.83. The lowest BCUT2D eigenvalue weighted by Gasteiger charge is -2.16. The summed E-state index contributed by atoms with van der Waals surface area (Å²) in [4.78, 5) is 15.7. The molecule has 3 nitrogen and oxygen atoms in total. The number of rotatable bonds is 2. The molecule has 1 fully saturated rings. The molecule has 1 aliphatic rings. The molecule has 1 saturated heterocycles. The summed E-state index contributed by atoms with van der Waals surface area (Å²) >= 11 is 0. The fourth-order valence-corrected chi connectivity index (χ4v) is 3.34. The van der Waals surface area contributed by atoms with Crippen molar-refractivity contribution < 1.29 is 4.79 Å². The van der Waals surface area contributed by atoms with Crippen LogP contribution in [0.5, 0.6) is 0 Å². The zero-order chi connectivity index (χ0) is 14.2. The van der Waals surface area contributed by atoms with Crippen LogP contribution in [0.2, 0.25) is 0 Å². The first-order chi connectivity index (χ1) is 10.3. The Kier molecular flexibility index (Phi) is 2.78. The summed E-state index contributed by atoms with van der Waals surface area (Å²) in [6.07, 6.45) is 1.98. The van der Waals surface area contributed by atoms with Crippen LogP contribution in [0.3, 0.4) is 0 Å². The van der Waals surface area contributed by atoms with Gasteiger partial charge in [0.15, 0.2) is 0 Å². The number of para-hydroxylation sites is 1. The van der Waals surface area contributed by atoms with Gasteiger partial charge in [-0.15, -0.1) is 0 Å². The zero-order valence-electron chi connectivity index (χ0n) is 11.5. The van der Waals surface area contributed by atoms with E-state index in [1.54, 1.807) is 0 Å². The molecular formula is C18H16N2O. The molecule has 1 amide bonds. The van der Waals surface area contributed by atoms with Gasteiger partial charge in [0.1, 0.15) is 0 Å². The van der Waals surface area contributed by atoms with E-state index < -0.39 is 0 Å². The van der Waals surface area contributed by atoms with Gasteiger partial charge in [-0.1, -0.05) is 48.5 Å². The highest BCUT2D eigenvalue weighted by molar-refractivity contribution is 5.94. The maximum Gasteiger partial charge on any atom is 0.228 e. The first-order valence-electron chi connectivity index (χ1n) is 7.23. The van der Waals surface area contributed by atoms with Gasteiger partial charge >= 0.3 is 0 Å². The maximum absolute atomic E-state index is 12.4. The van der Waals surface area contributed by atoms with E-state index in [-0.39, 0.29) is 17.7 Å². The first-order valence-corrected chi connectivity index (χ1v) is 7.23. The Labute approximate surface area is 123 Å². The van der Waals surface area contributed by atoms with Crippen LogP contribution in [0.1, 0.15) is 23.0 Å². The SMILES string of the molecule is O=C1NCC(c2ccccc2)C1c1c[nH]c2ccccc12. The smallest absolute Gasteiger partial charge is 0.228 e. The van der Waals surface area contributed by atoms with E-state index in [9.17, 15) is 4.79 Å². The minimum absolute atomic E-state index is 0.119. The molecule has 104 valence electrons. The number of hydrogen-bond donors (Lipinski definition) is 2. The number of fused-ring (bicyclic) bond motifs is 1. The summed E-state index contributed by atoms with van der Waals surface area (Å²) in [5.41, 5.74) is 3.39. The van der Waals surface area contributed by atoms with Crippen LogP contribution in [0.25, 0.3) is 10.9 Å². The van der Waals surface area contributed by atoms with E-state index in [4.69, 9.17) is 0 Å². The third-order valence-corrected chi connectivity index (χ3v) is 4.37. The second-order valence-electron chi connectivity index (χ2n) is 5.53. The number of benzene rings is 2. The Morgan fingerprint density at radius 3 is 2.57 bits per heavy atom. The maximum atomic E-state index is 12.4. The molecule has 0 spiro atoms. The average molecular weight is 276 g/mol. The molecule has 2 aromatic carbocycles. The first kappa shape index (κ1) is 12.2. The average Bonchev–Trinajstić information content (AvgIpc) is 3.11. The number of amides is 1. The third-order valence-electron chi connectivity index (χ3n) is 4.37. The van der Waals surface area contributed by atoms with Crippen LogP contribution in [-0.2, 0) is 4.79 Å². The Hall–Kier alpha value is -2.55. The fraction of sp³-hybridized carbons (Fsp3) is 0.167. The van der Waals surface area contributed by atoms with Gasteiger partial charge in [-0.2, -0.15) is 0 Å². The highest BCUT2D eigenvalue weighted by Crippen LogP contribution is 2.39. The van der Waals surface area contributed by atoms with Crippen molar-refractivity contribution >= 4 is 16.8 Å². The lowest BCUT2D eigenvalue weighted by molar-refractivity contribution is -0.120. The van der Waals surface area contributed by atoms with Gasteiger partial charge in [0.05, 0.1) is 5.92 Å². The van der Waals surface area contributed by atoms with E-state index in [2.05, 4.69) is 28.5 Å². The molecule has 0 saturated carbocycles. The Morgan fingerprint density at radius 1 is 0.952 bits per heavy atom. The normalized spacial score (nSPS) is 21.6. The van der Waals surface area contributed by atoms with Crippen LogP contribution in [0.15, 0.2) is 60.8 Å². The second-order valence-corrected chi connectivity index (χ2v) is 5.53. The molecule has 1 aliphatic heterocycles. The van der Waals surface area contributed by atoms with Crippen molar-refractivity contribution in [3.05, 3.63) is 71.9 Å². The van der Waals surface area contributed by atoms with Gasteiger partial charge in [-0.05, 0) is 17.2 Å². The van der Waals surface area contributed by atoms with Gasteiger partial charge in [0.2, 0.25) is 5.91 Å². The van der Waals surface area contributed by atoms with Crippen molar-refractivity contribution in [2.75, 3.05) is 6.54 Å². The molecule has 21 heavy (non-hydrogen) atoms. The minimum Gasteiger partial charge on any atom is -0.361 e. The molecule has 3 heteroatoms. The van der Waals surface area contributed by atoms with E-state index >= 15 is 0 Å². The van der Waals surface area contributed by atoms with Crippen molar-refractivity contribution in [1.82, 2.24) is 10.3 Å². The van der Waals surface area contributed by atoms with Crippen LogP contribution in [0.4, 0.5) is 0 Å². The van der Waals surface area contributed by atoms with Crippen molar-refractivity contribution in [1.29, 1.82) is 0 Å². The number of H-pyrrole nitrogens is 1. The molecule has 2 N–H and O–H groups in total. The quantitative estimate of drug-likeness (QED) is 0.742. The molecule has 3 aromatic rings. The van der Waals surface area contributed by atoms with Gasteiger partial charge in [-0.3, -0.25) is 4.79 Å². The van der Waals surface area contributed by atoms with Gasteiger partial charge in [0.25, 0.3) is 0 Å². The summed E-state index contributed by atoms with van der Waals surface area (Å²) in [6.45, 7) is 0.701. The highest BCUT2D eigenvalue weighted by Gasteiger charge is 2.37. The summed E-state index contributed by atoms with van der Waals surface area (Å²) in [5, 5.41) is 4.16. The van der Waals surface area contributed by atoms with Crippen molar-refractivity contribution in [2.24, 2.45) is 0 Å². The Morgan fingerprint density at radius 2 is 1.71 bits per heavy atom. The van der Waals surface area contributed by atoms with Crippen LogP contribution >= 0.6 is 0 Å². The number of nitrogens with one attached hydrogen (secondary N) is 2. The molecule has 0 radical (unpaired) electrons. The Bertz CT molecular complexity index is 791. The molecule has 2 heterocycles. The summed E-state index contributed by atoms with van der Waals surface area (Å²) in [5.74, 6) is 0.190. The molecule has 2 atom stereocenters. The lowest BCUT2D eigenvalue weighted by Crippen LogP contribution is -2.17. The molecule has 0 bridgehead atoms. The van der Waals surface area contributed by atoms with Gasteiger partial charge in [0, 0.05) is 29.6 Å².